The van der Waals surface area contributed by atoms with Crippen molar-refractivity contribution in [1.29, 1.82) is 0 Å². The van der Waals surface area contributed by atoms with E-state index in [4.69, 9.17) is 0 Å². The lowest BCUT2D eigenvalue weighted by atomic mass is 10.2. The van der Waals surface area contributed by atoms with Gasteiger partial charge < -0.3 is 15.0 Å². The summed E-state index contributed by atoms with van der Waals surface area (Å²) >= 11 is 0. The highest BCUT2D eigenvalue weighted by atomic mass is 19.3. The molecule has 1 unspecified atom stereocenters. The minimum Gasteiger partial charge on any atom is -0.435 e. The summed E-state index contributed by atoms with van der Waals surface area (Å²) in [6.07, 6.45) is 0. The van der Waals surface area contributed by atoms with Gasteiger partial charge in [-0.05, 0) is 30.3 Å². The van der Waals surface area contributed by atoms with Gasteiger partial charge in [0.25, 0.3) is 5.91 Å². The van der Waals surface area contributed by atoms with Gasteiger partial charge in [-0.3, -0.25) is 4.79 Å². The third kappa shape index (κ3) is 6.46. The van der Waals surface area contributed by atoms with E-state index in [1.165, 1.54) is 18.2 Å². The number of quaternary nitrogens is 1. The van der Waals surface area contributed by atoms with Crippen LogP contribution in [0.15, 0.2) is 48.5 Å². The minimum absolute atomic E-state index is 0.0963. The molecule has 0 aliphatic rings. The monoisotopic (exact) mass is 353 g/mol. The molecule has 1 amide bonds. The fourth-order valence-electron chi connectivity index (χ4n) is 2.37. The highest BCUT2D eigenvalue weighted by Crippen LogP contribution is 2.14. The van der Waals surface area contributed by atoms with Crippen LogP contribution in [0.4, 0.5) is 13.2 Å². The van der Waals surface area contributed by atoms with E-state index in [1.807, 2.05) is 7.05 Å². The molecule has 7 heteroatoms. The zero-order valence-electron chi connectivity index (χ0n) is 13.8. The van der Waals surface area contributed by atoms with Gasteiger partial charge in [-0.25, -0.2) is 4.39 Å². The lowest BCUT2D eigenvalue weighted by Crippen LogP contribution is -3.08. The Bertz CT molecular complexity index is 693. The Morgan fingerprint density at radius 3 is 2.48 bits per heavy atom. The summed E-state index contributed by atoms with van der Waals surface area (Å²) in [5.41, 5.74) is 1.32. The second-order valence-corrected chi connectivity index (χ2v) is 5.70. The lowest BCUT2D eigenvalue weighted by molar-refractivity contribution is -0.885. The zero-order valence-corrected chi connectivity index (χ0v) is 13.8. The van der Waals surface area contributed by atoms with Crippen molar-refractivity contribution in [3.8, 4) is 5.75 Å². The van der Waals surface area contributed by atoms with Gasteiger partial charge in [-0.2, -0.15) is 8.78 Å². The number of alkyl halides is 2. The van der Waals surface area contributed by atoms with Gasteiger partial charge in [0.1, 0.15) is 18.1 Å². The SMILES string of the molecule is C[NH+](CC(=O)NCc1ccccc1F)Cc1ccc(OC(F)F)cc1. The first-order valence-electron chi connectivity index (χ1n) is 7.79. The molecular weight excluding hydrogens is 333 g/mol. The molecule has 0 bridgehead atoms. The minimum atomic E-state index is -2.85. The summed E-state index contributed by atoms with van der Waals surface area (Å²) in [7, 11) is 1.84. The number of rotatable bonds is 8. The number of benzene rings is 2. The van der Waals surface area contributed by atoms with E-state index in [0.29, 0.717) is 12.1 Å². The maximum absolute atomic E-state index is 13.5. The highest BCUT2D eigenvalue weighted by molar-refractivity contribution is 5.76. The number of likely N-dealkylation sites (N-methyl/N-ethyl adjacent to an activating group) is 1. The van der Waals surface area contributed by atoms with Gasteiger partial charge in [-0.15, -0.1) is 0 Å². The number of hydrogen-bond donors (Lipinski definition) is 2. The lowest BCUT2D eigenvalue weighted by Gasteiger charge is -2.14. The maximum atomic E-state index is 13.5. The Kier molecular flexibility index (Phi) is 6.82. The summed E-state index contributed by atoms with van der Waals surface area (Å²) in [5.74, 6) is -0.452. The van der Waals surface area contributed by atoms with Crippen LogP contribution in [0.3, 0.4) is 0 Å². The Morgan fingerprint density at radius 2 is 1.84 bits per heavy atom. The van der Waals surface area contributed by atoms with Gasteiger partial charge in [-0.1, -0.05) is 18.2 Å². The number of nitrogens with one attached hydrogen (secondary N) is 2. The van der Waals surface area contributed by atoms with E-state index in [0.717, 1.165) is 10.5 Å². The first kappa shape index (κ1) is 18.8. The number of hydrogen-bond acceptors (Lipinski definition) is 2. The second kappa shape index (κ2) is 9.08. The molecule has 0 heterocycles. The zero-order chi connectivity index (χ0) is 18.2. The Labute approximate surface area is 144 Å². The standard InChI is InChI=1S/C18H19F3N2O2/c1-23(11-13-6-8-15(9-7-13)25-18(20)21)12-17(24)22-10-14-4-2-3-5-16(14)19/h2-9,18H,10-12H2,1H3,(H,22,24)/p+1. The first-order valence-corrected chi connectivity index (χ1v) is 7.79. The van der Waals surface area contributed by atoms with Crippen LogP contribution < -0.4 is 15.0 Å². The number of carbonyl (C=O) groups is 1. The van der Waals surface area contributed by atoms with Crippen molar-refractivity contribution in [3.63, 3.8) is 0 Å². The van der Waals surface area contributed by atoms with Gasteiger partial charge in [0.05, 0.1) is 7.05 Å². The van der Waals surface area contributed by atoms with Gasteiger partial charge in [0, 0.05) is 17.7 Å². The fraction of sp³-hybridized carbons (Fsp3) is 0.278. The van der Waals surface area contributed by atoms with E-state index in [-0.39, 0.29) is 30.6 Å². The van der Waals surface area contributed by atoms with Crippen LogP contribution in [0.25, 0.3) is 0 Å². The molecule has 0 aliphatic heterocycles. The molecule has 2 rings (SSSR count). The predicted molar refractivity (Wildman–Crippen MR) is 86.8 cm³/mol. The number of amides is 1. The molecule has 0 aromatic heterocycles. The summed E-state index contributed by atoms with van der Waals surface area (Å²) in [6.45, 7) is -1.96. The van der Waals surface area contributed by atoms with Crippen LogP contribution in [-0.2, 0) is 17.9 Å². The third-order valence-electron chi connectivity index (χ3n) is 3.55. The highest BCUT2D eigenvalue weighted by Gasteiger charge is 2.12. The smallest absolute Gasteiger partial charge is 0.387 e. The van der Waals surface area contributed by atoms with Gasteiger partial charge in [0.2, 0.25) is 0 Å². The molecule has 0 spiro atoms. The van der Waals surface area contributed by atoms with Crippen LogP contribution in [0.1, 0.15) is 11.1 Å². The topological polar surface area (TPSA) is 42.8 Å². The van der Waals surface area contributed by atoms with Crippen LogP contribution >= 0.6 is 0 Å². The molecule has 0 fully saturated rings. The Balaban J connectivity index is 1.78. The second-order valence-electron chi connectivity index (χ2n) is 5.70. The van der Waals surface area contributed by atoms with E-state index in [1.54, 1.807) is 30.3 Å². The van der Waals surface area contributed by atoms with E-state index in [9.17, 15) is 18.0 Å². The van der Waals surface area contributed by atoms with Crippen molar-refractivity contribution in [1.82, 2.24) is 5.32 Å². The van der Waals surface area contributed by atoms with Crippen molar-refractivity contribution in [2.24, 2.45) is 0 Å². The molecule has 2 aromatic rings. The Hall–Kier alpha value is -2.54. The van der Waals surface area contributed by atoms with Gasteiger partial charge >= 0.3 is 6.61 Å². The van der Waals surface area contributed by atoms with Crippen LogP contribution in [0.5, 0.6) is 5.75 Å². The molecule has 2 aromatic carbocycles. The predicted octanol–water partition coefficient (Wildman–Crippen LogP) is 1.76. The summed E-state index contributed by atoms with van der Waals surface area (Å²) < 4.78 is 42.0. The van der Waals surface area contributed by atoms with E-state index < -0.39 is 6.61 Å². The molecule has 134 valence electrons. The van der Waals surface area contributed by atoms with Crippen molar-refractivity contribution in [2.45, 2.75) is 19.7 Å². The molecule has 2 N–H and O–H groups in total. The molecule has 1 atom stereocenters. The molecule has 4 nitrogen and oxygen atoms in total. The van der Waals surface area contributed by atoms with Crippen molar-refractivity contribution >= 4 is 5.91 Å². The van der Waals surface area contributed by atoms with E-state index in [2.05, 4.69) is 10.1 Å². The van der Waals surface area contributed by atoms with Crippen molar-refractivity contribution in [3.05, 3.63) is 65.5 Å². The van der Waals surface area contributed by atoms with Crippen molar-refractivity contribution in [2.75, 3.05) is 13.6 Å². The van der Waals surface area contributed by atoms with Crippen LogP contribution in [-0.4, -0.2) is 26.1 Å². The average molecular weight is 353 g/mol. The fourth-order valence-corrected chi connectivity index (χ4v) is 2.37. The average Bonchev–Trinajstić information content (AvgIpc) is 2.55. The van der Waals surface area contributed by atoms with Gasteiger partial charge in [0.15, 0.2) is 6.54 Å². The molecular formula is C18H20F3N2O2+. The quantitative estimate of drug-likeness (QED) is 0.760. The molecule has 0 saturated carbocycles. The third-order valence-corrected chi connectivity index (χ3v) is 3.55. The molecule has 25 heavy (non-hydrogen) atoms. The van der Waals surface area contributed by atoms with Crippen LogP contribution in [0, 0.1) is 5.82 Å². The molecule has 0 radical (unpaired) electrons. The number of ether oxygens (including phenoxy) is 1. The summed E-state index contributed by atoms with van der Waals surface area (Å²) in [4.78, 5) is 12.9. The van der Waals surface area contributed by atoms with E-state index >= 15 is 0 Å². The number of halogens is 3. The molecule has 0 saturated heterocycles. The molecule has 0 aliphatic carbocycles. The largest absolute Gasteiger partial charge is 0.435 e. The van der Waals surface area contributed by atoms with Crippen LogP contribution in [0.2, 0.25) is 0 Å². The summed E-state index contributed by atoms with van der Waals surface area (Å²) in [5, 5.41) is 2.68. The number of carbonyl (C=O) groups excluding carboxylic acids is 1. The summed E-state index contributed by atoms with van der Waals surface area (Å²) in [6, 6.07) is 12.6. The first-order chi connectivity index (χ1) is 11.9. The van der Waals surface area contributed by atoms with Crippen molar-refractivity contribution < 1.29 is 27.6 Å². The maximum Gasteiger partial charge on any atom is 0.387 e. The Morgan fingerprint density at radius 1 is 1.16 bits per heavy atom. The normalized spacial score (nSPS) is 12.0.